The first kappa shape index (κ1) is 121. The van der Waals surface area contributed by atoms with Gasteiger partial charge in [-0.2, -0.15) is 21.6 Å². The van der Waals surface area contributed by atoms with Crippen LogP contribution in [-0.2, 0) is 39.7 Å². The van der Waals surface area contributed by atoms with Crippen molar-refractivity contribution in [3.05, 3.63) is 274 Å². The number of halogens is 8. The summed E-state index contributed by atoms with van der Waals surface area (Å²) >= 11 is 0. The van der Waals surface area contributed by atoms with Gasteiger partial charge < -0.3 is 72.9 Å². The van der Waals surface area contributed by atoms with Crippen LogP contribution in [0.25, 0.3) is 77.0 Å². The SMILES string of the molecule is CC(C)(C)OC(=O)Nc1ccc(B2OC(C)(C)C(C)(C)O2)cc1.CCC(CF)Oc1cccc2ccc(-c3ccc(NC(=O)OC(C)(C)C)cc3)nc12.CCC(CF)Oc1cccc2ccc(=O)[nH]c12.CCC(CF)Oc1cccc2ccc(OS(=O)(=O)C(F)(F)F)nc12.CCC(O)CF.Cc1cc(C(C)(C)C)nc(C(C)(C)C)c1.Nc1ccc(-c2ccc3cccc(OC(CO)CF)c3n2)cc1.O=c1ccc2cccc(O)c2[nH]1. The summed E-state index contributed by atoms with van der Waals surface area (Å²) in [5, 5.41) is 36.1. The summed E-state index contributed by atoms with van der Waals surface area (Å²) in [7, 11) is -6.23. The number of aliphatic hydroxyl groups excluding tert-OH is 2. The second-order valence-corrected chi connectivity index (χ2v) is 41.4. The molecule has 5 unspecified atom stereocenters. The van der Waals surface area contributed by atoms with Gasteiger partial charge in [0.05, 0.1) is 46.3 Å². The second kappa shape index (κ2) is 54.4. The molecule has 0 saturated carbocycles. The number of phenolic OH excluding ortho intramolecular Hbond substituents is 1. The molecular weight excluding hydrogens is 1970 g/mol. The molecule has 1 saturated heterocycles. The monoisotopic (exact) mass is 2100 g/mol. The van der Waals surface area contributed by atoms with E-state index in [0.29, 0.717) is 87.4 Å². The number of benzene rings is 8. The first-order chi connectivity index (χ1) is 70.5. The van der Waals surface area contributed by atoms with Gasteiger partial charge in [0.25, 0.3) is 0 Å². The number of amides is 2. The van der Waals surface area contributed by atoms with E-state index in [1.54, 1.807) is 68.4 Å². The van der Waals surface area contributed by atoms with Crippen LogP contribution in [0.5, 0.6) is 34.6 Å². The zero-order valence-corrected chi connectivity index (χ0v) is 89.1. The molecule has 806 valence electrons. The van der Waals surface area contributed by atoms with E-state index in [4.69, 9.17) is 63.6 Å². The van der Waals surface area contributed by atoms with Gasteiger partial charge in [-0.15, -0.1) is 0 Å². The molecule has 37 heteroatoms. The lowest BCUT2D eigenvalue weighted by molar-refractivity contribution is -0.0501. The number of pyridine rings is 6. The Hall–Kier alpha value is -14.0. The molecule has 1 fully saturated rings. The van der Waals surface area contributed by atoms with Crippen LogP contribution in [0.3, 0.4) is 0 Å². The highest BCUT2D eigenvalue weighted by Crippen LogP contribution is 2.39. The number of H-pyrrole nitrogens is 2. The number of ether oxygens (including phenoxy) is 6. The molecule has 0 spiro atoms. The van der Waals surface area contributed by atoms with Crippen molar-refractivity contribution < 1.29 is 110 Å². The van der Waals surface area contributed by atoms with Gasteiger partial charge in [0.2, 0.25) is 17.0 Å². The second-order valence-electron chi connectivity index (χ2n) is 39.9. The van der Waals surface area contributed by atoms with Crippen LogP contribution in [0.4, 0.5) is 61.8 Å². The molecule has 9 N–H and O–H groups in total. The summed E-state index contributed by atoms with van der Waals surface area (Å²) in [6.45, 7) is 38.0. The number of phenols is 1. The van der Waals surface area contributed by atoms with E-state index < -0.39 is 116 Å². The minimum absolute atomic E-state index is 0.0688. The molecule has 27 nitrogen and oxygen atoms in total. The molecule has 7 heterocycles. The number of nitrogens with zero attached hydrogens (tertiary/aromatic N) is 4. The number of nitrogen functional groups attached to an aromatic ring is 1. The number of aliphatic hydroxyl groups is 2. The van der Waals surface area contributed by atoms with Crippen LogP contribution in [0.2, 0.25) is 0 Å². The number of nitrogens with two attached hydrogens (primary N) is 1. The lowest BCUT2D eigenvalue weighted by atomic mass is 9.79. The number of nitrogens with one attached hydrogen (secondary N) is 4. The molecule has 15 rings (SSSR count). The molecular formula is C113H136BF8N9O18S. The highest BCUT2D eigenvalue weighted by molar-refractivity contribution is 7.88. The van der Waals surface area contributed by atoms with Crippen molar-refractivity contribution in [3.8, 4) is 57.1 Å². The van der Waals surface area contributed by atoms with E-state index in [1.165, 1.54) is 47.3 Å². The number of aromatic amines is 2. The van der Waals surface area contributed by atoms with Crippen molar-refractivity contribution in [2.45, 2.75) is 240 Å². The predicted octanol–water partition coefficient (Wildman–Crippen LogP) is 25.1. The minimum atomic E-state index is -5.83. The number of carbonyl (C=O) groups excluding carboxylic acids is 2. The van der Waals surface area contributed by atoms with Gasteiger partial charge in [-0.1, -0.05) is 178 Å². The summed E-state index contributed by atoms with van der Waals surface area (Å²) < 4.78 is 170. The number of aryl methyl sites for hydroxylation is 1. The summed E-state index contributed by atoms with van der Waals surface area (Å²) in [4.78, 5) is 69.0. The Kier molecular flexibility index (Phi) is 44.0. The van der Waals surface area contributed by atoms with E-state index in [9.17, 15) is 67.8 Å². The third-order valence-electron chi connectivity index (χ3n) is 22.7. The van der Waals surface area contributed by atoms with Crippen LogP contribution in [0, 0.1) is 6.92 Å². The van der Waals surface area contributed by atoms with Gasteiger partial charge in [-0.25, -0.2) is 46.5 Å². The largest absolute Gasteiger partial charge is 0.534 e. The van der Waals surface area contributed by atoms with Gasteiger partial charge in [0.1, 0.15) is 114 Å². The van der Waals surface area contributed by atoms with Crippen LogP contribution >= 0.6 is 0 Å². The molecule has 0 bridgehead atoms. The normalized spacial score (nSPS) is 13.7. The van der Waals surface area contributed by atoms with Crippen molar-refractivity contribution >= 4 is 106 Å². The maximum absolute atomic E-state index is 13.1. The van der Waals surface area contributed by atoms with Crippen molar-refractivity contribution in [1.82, 2.24) is 29.9 Å². The number of rotatable bonds is 25. The zero-order chi connectivity index (χ0) is 111. The van der Waals surface area contributed by atoms with Gasteiger partial charge in [-0.3, -0.25) is 25.2 Å². The highest BCUT2D eigenvalue weighted by atomic mass is 32.2. The lowest BCUT2D eigenvalue weighted by Gasteiger charge is -2.32. The van der Waals surface area contributed by atoms with Gasteiger partial charge in [0.15, 0.2) is 0 Å². The number of anilines is 3. The fraction of sp³-hybridized carbons (Fsp3) is 0.381. The molecule has 1 aliphatic heterocycles. The van der Waals surface area contributed by atoms with Crippen molar-refractivity contribution in [2.24, 2.45) is 0 Å². The quantitative estimate of drug-likeness (QED) is 0.00866. The van der Waals surface area contributed by atoms with E-state index in [1.807, 2.05) is 217 Å². The molecule has 0 radical (unpaired) electrons. The topological polar surface area (TPSA) is 379 Å². The van der Waals surface area contributed by atoms with E-state index in [-0.39, 0.29) is 56.8 Å². The Balaban J connectivity index is 0.000000214. The van der Waals surface area contributed by atoms with E-state index in [0.717, 1.165) is 55.6 Å². The zero-order valence-electron chi connectivity index (χ0n) is 88.3. The highest BCUT2D eigenvalue weighted by Gasteiger charge is 2.52. The Morgan fingerprint density at radius 2 is 0.813 bits per heavy atom. The van der Waals surface area contributed by atoms with Gasteiger partial charge in [-0.05, 0) is 222 Å². The number of alkyl halides is 8. The molecule has 2 amide bonds. The van der Waals surface area contributed by atoms with E-state index >= 15 is 0 Å². The number of para-hydroxylation sites is 5. The predicted molar refractivity (Wildman–Crippen MR) is 577 cm³/mol. The number of carbonyl (C=O) groups is 2. The number of hydrogen-bond acceptors (Lipinski definition) is 23. The Bertz CT molecular complexity index is 6920. The number of hydrogen-bond donors (Lipinski definition) is 8. The summed E-state index contributed by atoms with van der Waals surface area (Å²) in [6, 6.07) is 69.1. The van der Waals surface area contributed by atoms with Crippen LogP contribution in [0.15, 0.2) is 246 Å². The number of aromatic nitrogens is 6. The van der Waals surface area contributed by atoms with Crippen molar-refractivity contribution in [1.29, 1.82) is 0 Å². The Morgan fingerprint density at radius 1 is 0.453 bits per heavy atom. The molecule has 0 aliphatic carbocycles. The Morgan fingerprint density at radius 3 is 1.19 bits per heavy atom. The Labute approximate surface area is 870 Å². The standard InChI is InChI=1S/C24H27FN2O3.C18H17FN2O2.C17H26BNO4.C14H13F4NO4S.C14H23N.C13H14FNO2.C9H7NO2.C4H9FO/c1-5-19(15-25)29-21-8-6-7-17-11-14-20(27-22(17)21)16-9-12-18(13-10-16)26-23(28)30-24(2,3)4;19-10-15(11-22)23-17-3-1-2-13-6-9-16(21-18(13)17)12-4-7-14(20)8-5-12;1-15(2,3)21-14(20)19-13-10-8-12(9-11-13)18-22-16(4,5)17(6,7)23-18;1-2-10(8-15)22-11-5-3-4-9-6-7-12(19-13(9)11)23-24(20,21)14(16,17)18;1-10-8-11(13(2,3)4)15-12(9-10)14(5,6)7;1-2-10(8-14)17-11-5-3-4-9-6-7-12(16)15-13(9)11;11-7-3-1-2-6-4-5-8(12)10-9(6)7;1-2-4(6)3-5/h6-14,19H,5,15H2,1-4H3,(H,26,28);1-9,15,22H,10-11,20H2;8-11H,1-7H3,(H,19,20);3-7,10H,2,8H2,1H3;8-9H,1-7H3;3-7,10H,2,8H2,1H3,(H,15,16);1-5,11H,(H,10,12);4,6H,2-3H2,1H3. The van der Waals surface area contributed by atoms with Crippen LogP contribution in [-0.4, -0.2) is 171 Å². The van der Waals surface area contributed by atoms with Gasteiger partial charge in [0, 0.05) is 95.5 Å². The summed E-state index contributed by atoms with van der Waals surface area (Å²) in [5.74, 6) is 1.00. The average molecular weight is 2100 g/mol. The average Bonchev–Trinajstić information content (AvgIpc) is 1.60. The molecule has 5 atom stereocenters. The van der Waals surface area contributed by atoms with Crippen LogP contribution in [0.1, 0.15) is 181 Å². The van der Waals surface area contributed by atoms with Crippen molar-refractivity contribution in [2.75, 3.05) is 56.3 Å². The molecule has 1 aliphatic rings. The first-order valence-corrected chi connectivity index (χ1v) is 50.2. The minimum Gasteiger partial charge on any atom is -0.506 e. The van der Waals surface area contributed by atoms with E-state index in [2.05, 4.69) is 95.4 Å². The lowest BCUT2D eigenvalue weighted by Crippen LogP contribution is -2.41. The molecule has 14 aromatic rings. The number of aromatic hydroxyl groups is 1. The maximum atomic E-state index is 13.1. The fourth-order valence-electron chi connectivity index (χ4n) is 13.5. The third-order valence-corrected chi connectivity index (χ3v) is 23.6. The van der Waals surface area contributed by atoms with Gasteiger partial charge >= 0.3 is 34.9 Å². The van der Waals surface area contributed by atoms with Crippen molar-refractivity contribution in [3.63, 3.8) is 0 Å². The molecule has 8 aromatic carbocycles. The summed E-state index contributed by atoms with van der Waals surface area (Å²) in [5.41, 5.74) is 10.6. The smallest absolute Gasteiger partial charge is 0.506 e. The molecule has 6 aromatic heterocycles. The first-order valence-electron chi connectivity index (χ1n) is 48.8. The summed E-state index contributed by atoms with van der Waals surface area (Å²) in [6.07, 6.45) is -2.25. The van der Waals surface area contributed by atoms with Crippen LogP contribution < -0.4 is 56.1 Å². The number of fused-ring (bicyclic) bond motifs is 5. The molecule has 150 heavy (non-hydrogen) atoms. The fourth-order valence-corrected chi connectivity index (χ4v) is 14.0. The third kappa shape index (κ3) is 36.7. The maximum Gasteiger partial charge on any atom is 0.534 e.